The van der Waals surface area contributed by atoms with Crippen LogP contribution in [0.5, 0.6) is 0 Å². The molecular weight excluding hydrogens is 362 g/mol. The number of carbonyl (C=O) groups excluding carboxylic acids is 2. The second-order valence-electron chi connectivity index (χ2n) is 6.59. The van der Waals surface area contributed by atoms with Crippen LogP contribution in [0.25, 0.3) is 0 Å². The first-order chi connectivity index (χ1) is 13.1. The Morgan fingerprint density at radius 1 is 1.15 bits per heavy atom. The monoisotopic (exact) mass is 387 g/mol. The van der Waals surface area contributed by atoms with Crippen molar-refractivity contribution < 1.29 is 14.0 Å². The summed E-state index contributed by atoms with van der Waals surface area (Å²) in [5.74, 6) is 0.454. The summed E-state index contributed by atoms with van der Waals surface area (Å²) in [6, 6.07) is 11.1. The zero-order chi connectivity index (χ0) is 19.1. The summed E-state index contributed by atoms with van der Waals surface area (Å²) in [5, 5.41) is 3.04. The minimum absolute atomic E-state index is 0.0229. The molecule has 144 valence electrons. The van der Waals surface area contributed by atoms with Gasteiger partial charge >= 0.3 is 0 Å². The SMILES string of the molecule is NC(=O)CSc1ccccc1C(=O)NCC(c1ccco1)N1CCCCC1. The van der Waals surface area contributed by atoms with E-state index >= 15 is 0 Å². The molecule has 27 heavy (non-hydrogen) atoms. The number of thioether (sulfide) groups is 1. The lowest BCUT2D eigenvalue weighted by Crippen LogP contribution is -2.40. The van der Waals surface area contributed by atoms with Crippen LogP contribution in [-0.4, -0.2) is 42.1 Å². The molecule has 6 nitrogen and oxygen atoms in total. The average molecular weight is 388 g/mol. The fourth-order valence-electron chi connectivity index (χ4n) is 3.33. The summed E-state index contributed by atoms with van der Waals surface area (Å²) in [6.07, 6.45) is 5.25. The zero-order valence-electron chi connectivity index (χ0n) is 15.2. The van der Waals surface area contributed by atoms with Gasteiger partial charge < -0.3 is 15.5 Å². The van der Waals surface area contributed by atoms with Crippen LogP contribution >= 0.6 is 11.8 Å². The number of benzene rings is 1. The first-order valence-electron chi connectivity index (χ1n) is 9.21. The largest absolute Gasteiger partial charge is 0.468 e. The molecule has 0 spiro atoms. The fourth-order valence-corrected chi connectivity index (χ4v) is 4.12. The molecule has 2 amide bonds. The summed E-state index contributed by atoms with van der Waals surface area (Å²) < 4.78 is 5.63. The Bertz CT molecular complexity index is 758. The average Bonchev–Trinajstić information content (AvgIpc) is 3.22. The molecule has 0 radical (unpaired) electrons. The molecule has 0 aliphatic carbocycles. The third kappa shape index (κ3) is 5.37. The van der Waals surface area contributed by atoms with Crippen molar-refractivity contribution in [2.75, 3.05) is 25.4 Å². The highest BCUT2D eigenvalue weighted by molar-refractivity contribution is 8.00. The molecule has 1 unspecified atom stereocenters. The van der Waals surface area contributed by atoms with E-state index in [0.717, 1.165) is 36.6 Å². The summed E-state index contributed by atoms with van der Waals surface area (Å²) >= 11 is 1.28. The molecule has 1 fully saturated rings. The minimum atomic E-state index is -0.404. The van der Waals surface area contributed by atoms with Gasteiger partial charge in [0.2, 0.25) is 5.91 Å². The molecule has 1 aromatic heterocycles. The maximum atomic E-state index is 12.8. The molecule has 1 saturated heterocycles. The summed E-state index contributed by atoms with van der Waals surface area (Å²) in [6.45, 7) is 2.49. The van der Waals surface area contributed by atoms with Crippen molar-refractivity contribution in [2.24, 2.45) is 5.73 Å². The number of nitrogens with zero attached hydrogens (tertiary/aromatic N) is 1. The first-order valence-corrected chi connectivity index (χ1v) is 10.2. The Hall–Kier alpha value is -2.25. The number of carbonyl (C=O) groups is 2. The zero-order valence-corrected chi connectivity index (χ0v) is 16.0. The Morgan fingerprint density at radius 3 is 2.63 bits per heavy atom. The summed E-state index contributed by atoms with van der Waals surface area (Å²) in [5.41, 5.74) is 5.78. The minimum Gasteiger partial charge on any atom is -0.468 e. The highest BCUT2D eigenvalue weighted by Gasteiger charge is 2.25. The van der Waals surface area contributed by atoms with Crippen LogP contribution in [-0.2, 0) is 4.79 Å². The van der Waals surface area contributed by atoms with E-state index in [4.69, 9.17) is 10.2 Å². The van der Waals surface area contributed by atoms with Gasteiger partial charge in [-0.3, -0.25) is 14.5 Å². The molecule has 1 aromatic carbocycles. The Balaban J connectivity index is 1.68. The number of amides is 2. The van der Waals surface area contributed by atoms with Gasteiger partial charge in [-0.05, 0) is 50.2 Å². The summed E-state index contributed by atoms with van der Waals surface area (Å²) in [7, 11) is 0. The molecular formula is C20H25N3O3S. The standard InChI is InChI=1S/C20H25N3O3S/c21-19(24)14-27-18-9-3-2-7-15(18)20(25)22-13-16(17-8-6-12-26-17)23-10-4-1-5-11-23/h2-3,6-9,12,16H,1,4-5,10-11,13-14H2,(H2,21,24)(H,22,25). The van der Waals surface area contributed by atoms with Gasteiger partial charge in [-0.1, -0.05) is 18.6 Å². The van der Waals surface area contributed by atoms with Gasteiger partial charge in [0.05, 0.1) is 23.6 Å². The highest BCUT2D eigenvalue weighted by Crippen LogP contribution is 2.26. The predicted molar refractivity (Wildman–Crippen MR) is 106 cm³/mol. The lowest BCUT2D eigenvalue weighted by atomic mass is 10.1. The number of nitrogens with one attached hydrogen (secondary N) is 1. The second-order valence-corrected chi connectivity index (χ2v) is 7.61. The molecule has 7 heteroatoms. The van der Waals surface area contributed by atoms with Crippen molar-refractivity contribution >= 4 is 23.6 Å². The van der Waals surface area contributed by atoms with Crippen molar-refractivity contribution in [2.45, 2.75) is 30.2 Å². The third-order valence-electron chi connectivity index (χ3n) is 4.66. The number of hydrogen-bond donors (Lipinski definition) is 2. The third-order valence-corrected chi connectivity index (χ3v) is 5.76. The van der Waals surface area contributed by atoms with Crippen LogP contribution in [0.3, 0.4) is 0 Å². The fraction of sp³-hybridized carbons (Fsp3) is 0.400. The van der Waals surface area contributed by atoms with Gasteiger partial charge in [-0.15, -0.1) is 11.8 Å². The second kappa shape index (κ2) is 9.62. The maximum absolute atomic E-state index is 12.8. The van der Waals surface area contributed by atoms with E-state index in [0.29, 0.717) is 12.1 Å². The molecule has 0 saturated carbocycles. The molecule has 0 bridgehead atoms. The predicted octanol–water partition coefficient (Wildman–Crippen LogP) is 2.81. The van der Waals surface area contributed by atoms with E-state index in [1.807, 2.05) is 30.3 Å². The maximum Gasteiger partial charge on any atom is 0.252 e. The molecule has 2 aromatic rings. The number of rotatable bonds is 8. The topological polar surface area (TPSA) is 88.6 Å². The van der Waals surface area contributed by atoms with Gasteiger partial charge in [-0.2, -0.15) is 0 Å². The van der Waals surface area contributed by atoms with Crippen molar-refractivity contribution in [1.29, 1.82) is 0 Å². The van der Waals surface area contributed by atoms with Crippen LogP contribution in [0.2, 0.25) is 0 Å². The molecule has 1 aliphatic heterocycles. The lowest BCUT2D eigenvalue weighted by molar-refractivity contribution is -0.115. The van der Waals surface area contributed by atoms with Crippen LogP contribution in [0.1, 0.15) is 41.4 Å². The number of likely N-dealkylation sites (tertiary alicyclic amines) is 1. The lowest BCUT2D eigenvalue weighted by Gasteiger charge is -2.33. The van der Waals surface area contributed by atoms with E-state index < -0.39 is 5.91 Å². The molecule has 3 N–H and O–H groups in total. The highest BCUT2D eigenvalue weighted by atomic mass is 32.2. The molecule has 3 rings (SSSR count). The van der Waals surface area contributed by atoms with Crippen LogP contribution < -0.4 is 11.1 Å². The van der Waals surface area contributed by atoms with E-state index in [1.165, 1.54) is 18.2 Å². The number of piperidine rings is 1. The van der Waals surface area contributed by atoms with Crippen molar-refractivity contribution in [3.05, 3.63) is 54.0 Å². The van der Waals surface area contributed by atoms with Crippen LogP contribution in [0.15, 0.2) is 52.0 Å². The molecule has 2 heterocycles. The Labute approximate surface area is 163 Å². The first kappa shape index (κ1) is 19.5. The summed E-state index contributed by atoms with van der Waals surface area (Å²) in [4.78, 5) is 27.0. The number of hydrogen-bond acceptors (Lipinski definition) is 5. The van der Waals surface area contributed by atoms with Crippen molar-refractivity contribution in [3.8, 4) is 0 Å². The normalized spacial score (nSPS) is 16.0. The quantitative estimate of drug-likeness (QED) is 0.680. The van der Waals surface area contributed by atoms with E-state index in [-0.39, 0.29) is 17.7 Å². The van der Waals surface area contributed by atoms with Crippen LogP contribution in [0, 0.1) is 0 Å². The van der Waals surface area contributed by atoms with Gasteiger partial charge in [-0.25, -0.2) is 0 Å². The number of nitrogens with two attached hydrogens (primary N) is 1. The van der Waals surface area contributed by atoms with Gasteiger partial charge in [0.15, 0.2) is 0 Å². The van der Waals surface area contributed by atoms with Gasteiger partial charge in [0.25, 0.3) is 5.91 Å². The van der Waals surface area contributed by atoms with E-state index in [9.17, 15) is 9.59 Å². The Morgan fingerprint density at radius 2 is 1.93 bits per heavy atom. The Kier molecular flexibility index (Phi) is 6.95. The van der Waals surface area contributed by atoms with Crippen molar-refractivity contribution in [3.63, 3.8) is 0 Å². The van der Waals surface area contributed by atoms with E-state index in [2.05, 4.69) is 10.2 Å². The van der Waals surface area contributed by atoms with E-state index in [1.54, 1.807) is 12.3 Å². The van der Waals surface area contributed by atoms with Gasteiger partial charge in [0.1, 0.15) is 5.76 Å². The molecule has 1 atom stereocenters. The van der Waals surface area contributed by atoms with Crippen LogP contribution in [0.4, 0.5) is 0 Å². The molecule has 1 aliphatic rings. The number of furan rings is 1. The smallest absolute Gasteiger partial charge is 0.252 e. The van der Waals surface area contributed by atoms with Crippen molar-refractivity contribution in [1.82, 2.24) is 10.2 Å². The van der Waals surface area contributed by atoms with Gasteiger partial charge in [0, 0.05) is 11.4 Å². The number of primary amides is 1.